The van der Waals surface area contributed by atoms with Gasteiger partial charge in [0.2, 0.25) is 0 Å². The van der Waals surface area contributed by atoms with E-state index in [-0.39, 0.29) is 30.9 Å². The Hall–Kier alpha value is -1.10. The normalized spacial score (nSPS) is 18.0. The molecule has 1 aromatic carbocycles. The van der Waals surface area contributed by atoms with Gasteiger partial charge in [0.1, 0.15) is 0 Å². The average Bonchev–Trinajstić information content (AvgIpc) is 2.44. The van der Waals surface area contributed by atoms with Crippen molar-refractivity contribution in [3.63, 3.8) is 0 Å². The molecular formula is C15H21ClNO3-. The standard InChI is InChI=1S/C15H21NO3.ClH/c1-2-19-15(18)7-8-16-9-12-5-3-4-6-14(12)13(10-16)11-17;/h3-6,13,17H,2,7-11H2,1H3;1H/p-1. The fourth-order valence-electron chi connectivity index (χ4n) is 2.60. The van der Waals surface area contributed by atoms with E-state index in [1.54, 1.807) is 0 Å². The van der Waals surface area contributed by atoms with Gasteiger partial charge in [0.15, 0.2) is 0 Å². The number of esters is 1. The van der Waals surface area contributed by atoms with E-state index in [2.05, 4.69) is 17.0 Å². The van der Waals surface area contributed by atoms with E-state index in [9.17, 15) is 9.90 Å². The van der Waals surface area contributed by atoms with E-state index in [0.717, 1.165) is 13.1 Å². The Kier molecular flexibility index (Phi) is 6.99. The van der Waals surface area contributed by atoms with Gasteiger partial charge in [-0.05, 0) is 18.1 Å². The molecule has 1 aromatic rings. The van der Waals surface area contributed by atoms with Gasteiger partial charge in [-0.1, -0.05) is 24.3 Å². The third kappa shape index (κ3) is 4.20. The summed E-state index contributed by atoms with van der Waals surface area (Å²) in [4.78, 5) is 13.6. The van der Waals surface area contributed by atoms with Gasteiger partial charge in [-0.25, -0.2) is 0 Å². The predicted octanol–water partition coefficient (Wildman–Crippen LogP) is -1.46. The van der Waals surface area contributed by atoms with Gasteiger partial charge in [-0.2, -0.15) is 0 Å². The third-order valence-corrected chi connectivity index (χ3v) is 3.53. The van der Waals surface area contributed by atoms with Crippen LogP contribution in [0.2, 0.25) is 0 Å². The van der Waals surface area contributed by atoms with E-state index >= 15 is 0 Å². The van der Waals surface area contributed by atoms with E-state index in [0.29, 0.717) is 19.6 Å². The maximum absolute atomic E-state index is 11.4. The molecule has 4 nitrogen and oxygen atoms in total. The van der Waals surface area contributed by atoms with E-state index < -0.39 is 0 Å². The minimum Gasteiger partial charge on any atom is -1.00 e. The molecule has 0 radical (unpaired) electrons. The van der Waals surface area contributed by atoms with Crippen LogP contribution in [0.25, 0.3) is 0 Å². The van der Waals surface area contributed by atoms with Gasteiger partial charge >= 0.3 is 5.97 Å². The van der Waals surface area contributed by atoms with Crippen molar-refractivity contribution in [1.82, 2.24) is 4.90 Å². The molecule has 5 heteroatoms. The molecule has 1 aliphatic rings. The summed E-state index contributed by atoms with van der Waals surface area (Å²) in [6, 6.07) is 8.20. The first-order valence-electron chi connectivity index (χ1n) is 6.81. The van der Waals surface area contributed by atoms with Crippen LogP contribution in [-0.4, -0.2) is 42.3 Å². The van der Waals surface area contributed by atoms with E-state index in [1.165, 1.54) is 11.1 Å². The smallest absolute Gasteiger partial charge is 0.307 e. The molecule has 0 aromatic heterocycles. The molecular weight excluding hydrogens is 278 g/mol. The largest absolute Gasteiger partial charge is 1.00 e. The van der Waals surface area contributed by atoms with Crippen molar-refractivity contribution in [1.29, 1.82) is 0 Å². The van der Waals surface area contributed by atoms with Crippen molar-refractivity contribution in [2.24, 2.45) is 0 Å². The van der Waals surface area contributed by atoms with Crippen LogP contribution in [-0.2, 0) is 16.1 Å². The zero-order valence-electron chi connectivity index (χ0n) is 11.7. The highest BCUT2D eigenvalue weighted by Crippen LogP contribution is 2.27. The number of rotatable bonds is 5. The molecule has 1 N–H and O–H groups in total. The number of aliphatic hydroxyl groups excluding tert-OH is 1. The van der Waals surface area contributed by atoms with Crippen LogP contribution in [0.3, 0.4) is 0 Å². The Morgan fingerprint density at radius 1 is 1.45 bits per heavy atom. The summed E-state index contributed by atoms with van der Waals surface area (Å²) in [5.41, 5.74) is 2.48. The van der Waals surface area contributed by atoms with Gasteiger partial charge in [-0.3, -0.25) is 9.69 Å². The first-order chi connectivity index (χ1) is 9.24. The molecule has 1 heterocycles. The molecule has 0 bridgehead atoms. The summed E-state index contributed by atoms with van der Waals surface area (Å²) in [7, 11) is 0. The number of halogens is 1. The van der Waals surface area contributed by atoms with Crippen molar-refractivity contribution in [3.05, 3.63) is 35.4 Å². The van der Waals surface area contributed by atoms with Crippen LogP contribution < -0.4 is 12.4 Å². The Balaban J connectivity index is 0.00000200. The highest BCUT2D eigenvalue weighted by molar-refractivity contribution is 5.69. The minimum atomic E-state index is -0.151. The Labute approximate surface area is 126 Å². The van der Waals surface area contributed by atoms with Gasteiger partial charge in [0, 0.05) is 25.6 Å². The molecule has 0 saturated heterocycles. The van der Waals surface area contributed by atoms with Gasteiger partial charge < -0.3 is 22.3 Å². The zero-order chi connectivity index (χ0) is 13.7. The molecule has 112 valence electrons. The van der Waals surface area contributed by atoms with Crippen molar-refractivity contribution in [3.8, 4) is 0 Å². The van der Waals surface area contributed by atoms with Crippen LogP contribution in [0, 0.1) is 0 Å². The lowest BCUT2D eigenvalue weighted by molar-refractivity contribution is -0.143. The lowest BCUT2D eigenvalue weighted by Crippen LogP contribution is -3.00. The van der Waals surface area contributed by atoms with Crippen molar-refractivity contribution in [2.45, 2.75) is 25.8 Å². The van der Waals surface area contributed by atoms with Gasteiger partial charge in [-0.15, -0.1) is 0 Å². The Bertz CT molecular complexity index is 439. The second kappa shape index (κ2) is 8.25. The van der Waals surface area contributed by atoms with E-state index in [4.69, 9.17) is 4.74 Å². The number of carbonyl (C=O) groups is 1. The molecule has 1 atom stereocenters. The molecule has 20 heavy (non-hydrogen) atoms. The third-order valence-electron chi connectivity index (χ3n) is 3.53. The zero-order valence-corrected chi connectivity index (χ0v) is 12.5. The van der Waals surface area contributed by atoms with Crippen LogP contribution in [0.1, 0.15) is 30.4 Å². The molecule has 0 fully saturated rings. The lowest BCUT2D eigenvalue weighted by atomic mass is 9.90. The number of nitrogens with zero attached hydrogens (tertiary/aromatic N) is 1. The Morgan fingerprint density at radius 3 is 2.90 bits per heavy atom. The van der Waals surface area contributed by atoms with E-state index in [1.807, 2.05) is 19.1 Å². The number of carbonyl (C=O) groups excluding carboxylic acids is 1. The summed E-state index contributed by atoms with van der Waals surface area (Å²) < 4.78 is 4.94. The molecule has 2 rings (SSSR count). The van der Waals surface area contributed by atoms with Crippen molar-refractivity contribution >= 4 is 5.97 Å². The highest BCUT2D eigenvalue weighted by Gasteiger charge is 2.24. The highest BCUT2D eigenvalue weighted by atomic mass is 35.5. The topological polar surface area (TPSA) is 49.8 Å². The summed E-state index contributed by atoms with van der Waals surface area (Å²) in [5, 5.41) is 9.50. The summed E-state index contributed by atoms with van der Waals surface area (Å²) in [5.74, 6) is -0.00551. The summed E-state index contributed by atoms with van der Waals surface area (Å²) in [6.45, 7) is 4.72. The first kappa shape index (κ1) is 17.0. The number of aliphatic hydroxyl groups is 1. The average molecular weight is 299 g/mol. The lowest BCUT2D eigenvalue weighted by Gasteiger charge is -2.33. The number of ether oxygens (including phenoxy) is 1. The van der Waals surface area contributed by atoms with Crippen molar-refractivity contribution in [2.75, 3.05) is 26.3 Å². The monoisotopic (exact) mass is 298 g/mol. The number of hydrogen-bond acceptors (Lipinski definition) is 4. The molecule has 0 saturated carbocycles. The maximum atomic E-state index is 11.4. The van der Waals surface area contributed by atoms with Crippen LogP contribution in [0.5, 0.6) is 0 Å². The van der Waals surface area contributed by atoms with Crippen LogP contribution in [0.4, 0.5) is 0 Å². The summed E-state index contributed by atoms with van der Waals surface area (Å²) in [6.07, 6.45) is 0.411. The quantitative estimate of drug-likeness (QED) is 0.675. The second-order valence-electron chi connectivity index (χ2n) is 4.87. The van der Waals surface area contributed by atoms with Gasteiger partial charge in [0.05, 0.1) is 19.6 Å². The fraction of sp³-hybridized carbons (Fsp3) is 0.533. The fourth-order valence-corrected chi connectivity index (χ4v) is 2.60. The number of benzene rings is 1. The number of hydrogen-bond donors (Lipinski definition) is 1. The first-order valence-corrected chi connectivity index (χ1v) is 6.81. The molecule has 1 unspecified atom stereocenters. The predicted molar refractivity (Wildman–Crippen MR) is 72.8 cm³/mol. The molecule has 0 aliphatic carbocycles. The maximum Gasteiger partial charge on any atom is 0.307 e. The summed E-state index contributed by atoms with van der Waals surface area (Å²) >= 11 is 0. The second-order valence-corrected chi connectivity index (χ2v) is 4.87. The van der Waals surface area contributed by atoms with Crippen LogP contribution >= 0.6 is 0 Å². The Morgan fingerprint density at radius 2 is 2.20 bits per heavy atom. The minimum absolute atomic E-state index is 0. The van der Waals surface area contributed by atoms with Crippen LogP contribution in [0.15, 0.2) is 24.3 Å². The molecule has 0 amide bonds. The van der Waals surface area contributed by atoms with Gasteiger partial charge in [0.25, 0.3) is 0 Å². The molecule has 1 aliphatic heterocycles. The number of fused-ring (bicyclic) bond motifs is 1. The molecule has 0 spiro atoms. The SMILES string of the molecule is CCOC(=O)CCN1Cc2ccccc2C(CO)C1.[Cl-]. The van der Waals surface area contributed by atoms with Crippen molar-refractivity contribution < 1.29 is 27.0 Å².